The molecule has 1 N–H and O–H groups in total. The minimum Gasteiger partial charge on any atom is -0.357 e. The number of sulfonamides is 1. The molecule has 6 nitrogen and oxygen atoms in total. The van der Waals surface area contributed by atoms with Crippen LogP contribution in [0.3, 0.4) is 0 Å². The number of thioether (sulfide) groups is 1. The van der Waals surface area contributed by atoms with Gasteiger partial charge in [0.05, 0.1) is 12.3 Å². The molecule has 0 spiro atoms. The van der Waals surface area contributed by atoms with E-state index in [-0.39, 0.29) is 5.75 Å². The van der Waals surface area contributed by atoms with Gasteiger partial charge in [-0.3, -0.25) is 4.99 Å². The molecule has 0 atom stereocenters. The zero-order valence-corrected chi connectivity index (χ0v) is 17.4. The van der Waals surface area contributed by atoms with Gasteiger partial charge < -0.3 is 10.2 Å². The third kappa shape index (κ3) is 8.96. The van der Waals surface area contributed by atoms with Gasteiger partial charge in [0.1, 0.15) is 0 Å². The third-order valence-electron chi connectivity index (χ3n) is 4.07. The summed E-state index contributed by atoms with van der Waals surface area (Å²) in [5, 5.41) is 3.25. The molecule has 8 heteroatoms. The normalized spacial score (nSPS) is 16.6. The molecule has 0 aromatic heterocycles. The molecular weight excluding hydrogens is 356 g/mol. The van der Waals surface area contributed by atoms with Gasteiger partial charge in [-0.2, -0.15) is 11.8 Å². The molecule has 0 aromatic rings. The fourth-order valence-corrected chi connectivity index (χ4v) is 5.06. The fourth-order valence-electron chi connectivity index (χ4n) is 2.61. The van der Waals surface area contributed by atoms with E-state index in [4.69, 9.17) is 0 Å². The summed E-state index contributed by atoms with van der Waals surface area (Å²) in [6.45, 7) is 9.01. The monoisotopic (exact) mass is 390 g/mol. The quantitative estimate of drug-likeness (QED) is 0.253. The lowest BCUT2D eigenvalue weighted by Crippen LogP contribution is -2.41. The Morgan fingerprint density at radius 1 is 1.32 bits per heavy atom. The highest BCUT2D eigenvalue weighted by atomic mass is 32.2. The maximum atomic E-state index is 12.4. The number of guanidine groups is 1. The standard InChI is InChI=1S/C17H34N4O2S2/c1-4-6-7-8-9-11-20(3)17(18-5-2)19-10-16-25(22,23)21-12-14-24-15-13-21/h4H,1,5-16H2,2-3H3,(H,18,19). The zero-order chi connectivity index (χ0) is 18.5. The maximum Gasteiger partial charge on any atom is 0.215 e. The van der Waals surface area contributed by atoms with Gasteiger partial charge in [-0.1, -0.05) is 12.5 Å². The first-order valence-electron chi connectivity index (χ1n) is 9.17. The van der Waals surface area contributed by atoms with Crippen LogP contribution in [0.15, 0.2) is 17.6 Å². The molecule has 0 unspecified atom stereocenters. The van der Waals surface area contributed by atoms with Crippen molar-refractivity contribution >= 4 is 27.7 Å². The number of aliphatic imine (C=N–C) groups is 1. The molecule has 0 bridgehead atoms. The lowest BCUT2D eigenvalue weighted by molar-refractivity contribution is 0.442. The Labute approximate surface area is 158 Å². The van der Waals surface area contributed by atoms with Crippen molar-refractivity contribution in [3.8, 4) is 0 Å². The topological polar surface area (TPSA) is 65.0 Å². The molecule has 0 aromatic carbocycles. The van der Waals surface area contributed by atoms with E-state index in [9.17, 15) is 8.42 Å². The number of rotatable bonds is 11. The van der Waals surface area contributed by atoms with Crippen LogP contribution in [-0.2, 0) is 10.0 Å². The molecule has 0 saturated carbocycles. The summed E-state index contributed by atoms with van der Waals surface area (Å²) in [4.78, 5) is 6.60. The lowest BCUT2D eigenvalue weighted by Gasteiger charge is -2.25. The van der Waals surface area contributed by atoms with Crippen LogP contribution >= 0.6 is 11.8 Å². The Morgan fingerprint density at radius 2 is 2.04 bits per heavy atom. The molecule has 1 rings (SSSR count). The molecule has 0 amide bonds. The van der Waals surface area contributed by atoms with Crippen LogP contribution in [0.4, 0.5) is 0 Å². The molecule has 1 heterocycles. The Bertz CT molecular complexity index is 503. The van der Waals surface area contributed by atoms with Gasteiger partial charge >= 0.3 is 0 Å². The molecule has 25 heavy (non-hydrogen) atoms. The fraction of sp³-hybridized carbons (Fsp3) is 0.824. The predicted octanol–water partition coefficient (Wildman–Crippen LogP) is 2.01. The van der Waals surface area contributed by atoms with Crippen LogP contribution in [0.1, 0.15) is 32.6 Å². The maximum absolute atomic E-state index is 12.4. The largest absolute Gasteiger partial charge is 0.357 e. The first kappa shape index (κ1) is 22.3. The molecule has 1 aliphatic rings. The van der Waals surface area contributed by atoms with E-state index in [1.165, 1.54) is 0 Å². The first-order valence-corrected chi connectivity index (χ1v) is 11.9. The highest BCUT2D eigenvalue weighted by molar-refractivity contribution is 7.99. The van der Waals surface area contributed by atoms with E-state index in [1.54, 1.807) is 4.31 Å². The van der Waals surface area contributed by atoms with Gasteiger partial charge in [-0.05, 0) is 26.2 Å². The van der Waals surface area contributed by atoms with Crippen LogP contribution in [0.2, 0.25) is 0 Å². The Morgan fingerprint density at radius 3 is 2.68 bits per heavy atom. The Balaban J connectivity index is 2.46. The summed E-state index contributed by atoms with van der Waals surface area (Å²) in [5.74, 6) is 2.65. The molecule has 1 fully saturated rings. The first-order chi connectivity index (χ1) is 12.0. The summed E-state index contributed by atoms with van der Waals surface area (Å²) in [7, 11) is -1.18. The number of allylic oxidation sites excluding steroid dienone is 1. The van der Waals surface area contributed by atoms with Crippen molar-refractivity contribution in [2.24, 2.45) is 4.99 Å². The van der Waals surface area contributed by atoms with E-state index < -0.39 is 10.0 Å². The summed E-state index contributed by atoms with van der Waals surface area (Å²) in [6, 6.07) is 0. The predicted molar refractivity (Wildman–Crippen MR) is 110 cm³/mol. The second kappa shape index (κ2) is 12.6. The number of nitrogens with zero attached hydrogens (tertiary/aromatic N) is 3. The van der Waals surface area contributed by atoms with Crippen molar-refractivity contribution in [1.82, 2.24) is 14.5 Å². The van der Waals surface area contributed by atoms with Crippen LogP contribution in [0.25, 0.3) is 0 Å². The van der Waals surface area contributed by atoms with E-state index in [1.807, 2.05) is 31.8 Å². The molecular formula is C17H34N4O2S2. The van der Waals surface area contributed by atoms with Crippen molar-refractivity contribution < 1.29 is 8.42 Å². The number of hydrogen-bond donors (Lipinski definition) is 1. The average Bonchev–Trinajstić information content (AvgIpc) is 2.61. The molecule has 1 aliphatic heterocycles. The van der Waals surface area contributed by atoms with E-state index in [0.29, 0.717) is 19.6 Å². The molecule has 0 radical (unpaired) electrons. The van der Waals surface area contributed by atoms with Crippen molar-refractivity contribution in [1.29, 1.82) is 0 Å². The summed E-state index contributed by atoms with van der Waals surface area (Å²) >= 11 is 1.81. The number of hydrogen-bond acceptors (Lipinski definition) is 4. The van der Waals surface area contributed by atoms with E-state index in [2.05, 4.69) is 21.8 Å². The van der Waals surface area contributed by atoms with Crippen molar-refractivity contribution in [3.63, 3.8) is 0 Å². The van der Waals surface area contributed by atoms with Crippen LogP contribution in [0.5, 0.6) is 0 Å². The highest BCUT2D eigenvalue weighted by Crippen LogP contribution is 2.13. The van der Waals surface area contributed by atoms with E-state index in [0.717, 1.165) is 56.2 Å². The second-order valence-electron chi connectivity index (χ2n) is 6.12. The van der Waals surface area contributed by atoms with Crippen LogP contribution in [0, 0.1) is 0 Å². The number of unbranched alkanes of at least 4 members (excludes halogenated alkanes) is 3. The zero-order valence-electron chi connectivity index (χ0n) is 15.7. The summed E-state index contributed by atoms with van der Waals surface area (Å²) in [5.41, 5.74) is 0. The molecule has 1 saturated heterocycles. The van der Waals surface area contributed by atoms with Gasteiger partial charge in [-0.15, -0.1) is 6.58 Å². The second-order valence-corrected chi connectivity index (χ2v) is 9.44. The average molecular weight is 391 g/mol. The van der Waals surface area contributed by atoms with Gasteiger partial charge in [0, 0.05) is 44.7 Å². The third-order valence-corrected chi connectivity index (χ3v) is 6.87. The van der Waals surface area contributed by atoms with Crippen molar-refractivity contribution in [2.75, 3.05) is 57.0 Å². The van der Waals surface area contributed by atoms with Crippen molar-refractivity contribution in [2.45, 2.75) is 32.6 Å². The smallest absolute Gasteiger partial charge is 0.215 e. The Hall–Kier alpha value is -0.730. The lowest BCUT2D eigenvalue weighted by atomic mass is 10.2. The minimum absolute atomic E-state index is 0.0831. The van der Waals surface area contributed by atoms with Gasteiger partial charge in [0.2, 0.25) is 10.0 Å². The highest BCUT2D eigenvalue weighted by Gasteiger charge is 2.23. The summed E-state index contributed by atoms with van der Waals surface area (Å²) < 4.78 is 26.4. The molecule has 0 aliphatic carbocycles. The van der Waals surface area contributed by atoms with Crippen LogP contribution < -0.4 is 5.32 Å². The van der Waals surface area contributed by atoms with Gasteiger partial charge in [-0.25, -0.2) is 12.7 Å². The van der Waals surface area contributed by atoms with Crippen molar-refractivity contribution in [3.05, 3.63) is 12.7 Å². The summed E-state index contributed by atoms with van der Waals surface area (Å²) in [6.07, 6.45) is 6.44. The Kier molecular flexibility index (Phi) is 11.2. The van der Waals surface area contributed by atoms with Gasteiger partial charge in [0.15, 0.2) is 5.96 Å². The SMILES string of the molecule is C=CCCCCCN(C)C(=NCCS(=O)(=O)N1CCSCC1)NCC. The van der Waals surface area contributed by atoms with Crippen LogP contribution in [-0.4, -0.2) is 80.6 Å². The minimum atomic E-state index is -3.19. The number of nitrogens with one attached hydrogen (secondary N) is 1. The van der Waals surface area contributed by atoms with E-state index >= 15 is 0 Å². The molecule has 146 valence electrons. The van der Waals surface area contributed by atoms with Gasteiger partial charge in [0.25, 0.3) is 0 Å².